The molecule has 2 aromatic rings. The fourth-order valence-corrected chi connectivity index (χ4v) is 3.12. The largest absolute Gasteiger partial charge is 0.377 e. The van der Waals surface area contributed by atoms with E-state index in [0.717, 1.165) is 0 Å². The number of anilines is 1. The van der Waals surface area contributed by atoms with Gasteiger partial charge in [-0.05, 0) is 55.5 Å². The van der Waals surface area contributed by atoms with Crippen LogP contribution in [0.3, 0.4) is 0 Å². The molecule has 0 aromatic heterocycles. The topological polar surface area (TPSA) is 75.7 Å². The van der Waals surface area contributed by atoms with Crippen molar-refractivity contribution in [1.82, 2.24) is 4.90 Å². The van der Waals surface area contributed by atoms with Crippen molar-refractivity contribution < 1.29 is 23.5 Å². The molecule has 2 amide bonds. The Kier molecular flexibility index (Phi) is 6.72. The molecule has 2 aromatic carbocycles. The van der Waals surface area contributed by atoms with Gasteiger partial charge in [-0.1, -0.05) is 0 Å². The highest BCUT2D eigenvalue weighted by Crippen LogP contribution is 2.16. The summed E-state index contributed by atoms with van der Waals surface area (Å²) in [6.07, 6.45) is 0.0468. The molecular weight excluding hydrogens is 375 g/mol. The third-order valence-corrected chi connectivity index (χ3v) is 4.79. The Labute approximate surface area is 168 Å². The van der Waals surface area contributed by atoms with E-state index in [1.165, 1.54) is 24.3 Å². The van der Waals surface area contributed by atoms with Gasteiger partial charge in [-0.25, -0.2) is 4.39 Å². The lowest BCUT2D eigenvalue weighted by Gasteiger charge is -2.33. The number of Topliss-reactive ketones (excluding diaryl/α,β-unsaturated/α-hetero) is 1. The summed E-state index contributed by atoms with van der Waals surface area (Å²) in [6, 6.07) is 11.9. The molecule has 7 heteroatoms. The van der Waals surface area contributed by atoms with Crippen LogP contribution >= 0.6 is 0 Å². The second kappa shape index (κ2) is 9.43. The minimum absolute atomic E-state index is 0.0161. The molecule has 1 aliphatic rings. The number of ketones is 1. The van der Waals surface area contributed by atoms with Crippen molar-refractivity contribution in [3.05, 3.63) is 65.5 Å². The van der Waals surface area contributed by atoms with Crippen LogP contribution in [0.25, 0.3) is 0 Å². The number of nitrogens with zero attached hydrogens (tertiary/aromatic N) is 1. The summed E-state index contributed by atoms with van der Waals surface area (Å²) in [5.74, 6) is -1.00. The van der Waals surface area contributed by atoms with Crippen LogP contribution in [0.2, 0.25) is 0 Å². The molecule has 0 saturated carbocycles. The highest BCUT2D eigenvalue weighted by atomic mass is 19.1. The molecule has 29 heavy (non-hydrogen) atoms. The first-order chi connectivity index (χ1) is 13.9. The Morgan fingerprint density at radius 3 is 2.34 bits per heavy atom. The molecular formula is C22H23FN2O4. The van der Waals surface area contributed by atoms with Crippen LogP contribution < -0.4 is 5.32 Å². The molecule has 3 rings (SSSR count). The number of carbonyl (C=O) groups excluding carboxylic acids is 3. The summed E-state index contributed by atoms with van der Waals surface area (Å²) in [7, 11) is 0. The first-order valence-corrected chi connectivity index (χ1v) is 9.51. The zero-order valence-electron chi connectivity index (χ0n) is 16.2. The molecule has 1 N–H and O–H groups in total. The van der Waals surface area contributed by atoms with Crippen molar-refractivity contribution in [2.75, 3.05) is 25.1 Å². The summed E-state index contributed by atoms with van der Waals surface area (Å²) in [6.45, 7) is 3.55. The van der Waals surface area contributed by atoms with Gasteiger partial charge < -0.3 is 15.0 Å². The molecule has 0 bridgehead atoms. The fraction of sp³-hybridized carbons (Fsp3) is 0.318. The van der Waals surface area contributed by atoms with E-state index in [-0.39, 0.29) is 36.5 Å². The third-order valence-electron chi connectivity index (χ3n) is 4.79. The van der Waals surface area contributed by atoms with Crippen LogP contribution in [0.1, 0.15) is 40.5 Å². The van der Waals surface area contributed by atoms with E-state index < -0.39 is 5.82 Å². The quantitative estimate of drug-likeness (QED) is 0.758. The maximum Gasteiger partial charge on any atom is 0.254 e. The van der Waals surface area contributed by atoms with E-state index in [1.54, 1.807) is 29.2 Å². The zero-order valence-corrected chi connectivity index (χ0v) is 16.2. The van der Waals surface area contributed by atoms with Crippen molar-refractivity contribution in [2.24, 2.45) is 0 Å². The normalized spacial score (nSPS) is 16.3. The third kappa shape index (κ3) is 5.48. The second-order valence-corrected chi connectivity index (χ2v) is 6.98. The lowest BCUT2D eigenvalue weighted by atomic mass is 10.1. The van der Waals surface area contributed by atoms with E-state index in [2.05, 4.69) is 5.32 Å². The van der Waals surface area contributed by atoms with Crippen molar-refractivity contribution in [3.63, 3.8) is 0 Å². The number of hydrogen-bond acceptors (Lipinski definition) is 4. The van der Waals surface area contributed by atoms with Crippen LogP contribution in [0, 0.1) is 5.82 Å². The lowest BCUT2D eigenvalue weighted by molar-refractivity contribution is -0.116. The predicted molar refractivity (Wildman–Crippen MR) is 106 cm³/mol. The second-order valence-electron chi connectivity index (χ2n) is 6.98. The standard InChI is InChI=1S/C22H23FN2O4/c1-15-14-29-13-12-25(15)22(28)17-4-8-19(9-5-17)24-21(27)11-10-20(26)16-2-6-18(23)7-3-16/h2-9,15H,10-14H2,1H3,(H,24,27). The smallest absolute Gasteiger partial charge is 0.254 e. The maximum absolute atomic E-state index is 12.9. The van der Waals surface area contributed by atoms with E-state index in [9.17, 15) is 18.8 Å². The molecule has 1 saturated heterocycles. The highest BCUT2D eigenvalue weighted by molar-refractivity contribution is 6.00. The minimum Gasteiger partial charge on any atom is -0.377 e. The lowest BCUT2D eigenvalue weighted by Crippen LogP contribution is -2.47. The minimum atomic E-state index is -0.413. The highest BCUT2D eigenvalue weighted by Gasteiger charge is 2.24. The Bertz CT molecular complexity index is 881. The van der Waals surface area contributed by atoms with Gasteiger partial charge in [0.2, 0.25) is 5.91 Å². The Balaban J connectivity index is 1.51. The van der Waals surface area contributed by atoms with E-state index in [1.807, 2.05) is 6.92 Å². The first-order valence-electron chi connectivity index (χ1n) is 9.51. The summed E-state index contributed by atoms with van der Waals surface area (Å²) >= 11 is 0. The molecule has 1 unspecified atom stereocenters. The molecule has 1 aliphatic heterocycles. The zero-order chi connectivity index (χ0) is 20.8. The molecule has 1 heterocycles. The number of amides is 2. The summed E-state index contributed by atoms with van der Waals surface area (Å²) < 4.78 is 18.3. The Morgan fingerprint density at radius 1 is 1.03 bits per heavy atom. The summed E-state index contributed by atoms with van der Waals surface area (Å²) in [5.41, 5.74) is 1.47. The van der Waals surface area contributed by atoms with Crippen molar-refractivity contribution in [1.29, 1.82) is 0 Å². The van der Waals surface area contributed by atoms with Crippen LogP contribution in [-0.4, -0.2) is 48.3 Å². The predicted octanol–water partition coefficient (Wildman–Crippen LogP) is 3.29. The van der Waals surface area contributed by atoms with Gasteiger partial charge in [-0.15, -0.1) is 0 Å². The number of morpholine rings is 1. The van der Waals surface area contributed by atoms with E-state index in [4.69, 9.17) is 4.74 Å². The monoisotopic (exact) mass is 398 g/mol. The van der Waals surface area contributed by atoms with Gasteiger partial charge in [-0.2, -0.15) is 0 Å². The number of nitrogens with one attached hydrogen (secondary N) is 1. The number of rotatable bonds is 6. The van der Waals surface area contributed by atoms with Gasteiger partial charge in [-0.3, -0.25) is 14.4 Å². The number of halogens is 1. The molecule has 1 fully saturated rings. The molecule has 152 valence electrons. The van der Waals surface area contributed by atoms with Crippen LogP contribution in [0.15, 0.2) is 48.5 Å². The van der Waals surface area contributed by atoms with Crippen LogP contribution in [0.4, 0.5) is 10.1 Å². The van der Waals surface area contributed by atoms with Gasteiger partial charge in [0.1, 0.15) is 5.82 Å². The Morgan fingerprint density at radius 2 is 1.69 bits per heavy atom. The van der Waals surface area contributed by atoms with E-state index >= 15 is 0 Å². The van der Waals surface area contributed by atoms with Gasteiger partial charge in [0.15, 0.2) is 5.78 Å². The van der Waals surface area contributed by atoms with Crippen molar-refractivity contribution in [3.8, 4) is 0 Å². The number of benzene rings is 2. The van der Waals surface area contributed by atoms with Crippen LogP contribution in [-0.2, 0) is 9.53 Å². The molecule has 0 aliphatic carbocycles. The van der Waals surface area contributed by atoms with Crippen molar-refractivity contribution in [2.45, 2.75) is 25.8 Å². The summed E-state index contributed by atoms with van der Waals surface area (Å²) in [5, 5.41) is 2.72. The van der Waals surface area contributed by atoms with Gasteiger partial charge in [0, 0.05) is 36.2 Å². The average molecular weight is 398 g/mol. The maximum atomic E-state index is 12.9. The molecule has 0 spiro atoms. The molecule has 0 radical (unpaired) electrons. The number of ether oxygens (including phenoxy) is 1. The fourth-order valence-electron chi connectivity index (χ4n) is 3.12. The van der Waals surface area contributed by atoms with Gasteiger partial charge in [0.25, 0.3) is 5.91 Å². The SMILES string of the molecule is CC1COCCN1C(=O)c1ccc(NC(=O)CCC(=O)c2ccc(F)cc2)cc1. The number of hydrogen-bond donors (Lipinski definition) is 1. The molecule has 6 nitrogen and oxygen atoms in total. The Hall–Kier alpha value is -3.06. The molecule has 1 atom stereocenters. The van der Waals surface area contributed by atoms with Crippen LogP contribution in [0.5, 0.6) is 0 Å². The van der Waals surface area contributed by atoms with E-state index in [0.29, 0.717) is 36.6 Å². The summed E-state index contributed by atoms with van der Waals surface area (Å²) in [4.78, 5) is 38.5. The first kappa shape index (κ1) is 20.7. The van der Waals surface area contributed by atoms with Gasteiger partial charge >= 0.3 is 0 Å². The van der Waals surface area contributed by atoms with Gasteiger partial charge in [0.05, 0.1) is 19.3 Å². The average Bonchev–Trinajstić information content (AvgIpc) is 2.73. The number of carbonyl (C=O) groups is 3. The van der Waals surface area contributed by atoms with Crippen molar-refractivity contribution >= 4 is 23.3 Å².